The molecule has 0 spiro atoms. The fourth-order valence-electron chi connectivity index (χ4n) is 1.51. The predicted molar refractivity (Wildman–Crippen MR) is 64.4 cm³/mol. The lowest BCUT2D eigenvalue weighted by atomic mass is 10.1. The van der Waals surface area contributed by atoms with Crippen LogP contribution in [0.3, 0.4) is 0 Å². The van der Waals surface area contributed by atoms with Gasteiger partial charge in [0.1, 0.15) is 0 Å². The number of benzene rings is 1. The predicted octanol–water partition coefficient (Wildman–Crippen LogP) is 2.60. The molecule has 2 aromatic rings. The Hall–Kier alpha value is -1.67. The van der Waals surface area contributed by atoms with Crippen LogP contribution >= 0.6 is 0 Å². The highest BCUT2D eigenvalue weighted by molar-refractivity contribution is 5.80. The third-order valence-electron chi connectivity index (χ3n) is 2.27. The van der Waals surface area contributed by atoms with E-state index in [-0.39, 0.29) is 0 Å². The molecule has 0 bridgehead atoms. The van der Waals surface area contributed by atoms with E-state index in [0.29, 0.717) is 6.54 Å². The summed E-state index contributed by atoms with van der Waals surface area (Å²) in [4.78, 5) is 4.27. The van der Waals surface area contributed by atoms with Gasteiger partial charge in [0.15, 0.2) is 0 Å². The van der Waals surface area contributed by atoms with Gasteiger partial charge in [0, 0.05) is 11.6 Å². The Morgan fingerprint density at radius 3 is 3.07 bits per heavy atom. The number of nitrogens with zero attached hydrogens (tertiary/aromatic N) is 1. The molecule has 1 heterocycles. The van der Waals surface area contributed by atoms with Crippen LogP contribution in [0.5, 0.6) is 0 Å². The summed E-state index contributed by atoms with van der Waals surface area (Å²) in [6, 6.07) is 10.3. The van der Waals surface area contributed by atoms with Crippen LogP contribution in [0.15, 0.2) is 42.6 Å². The van der Waals surface area contributed by atoms with Gasteiger partial charge in [-0.2, -0.15) is 0 Å². The Morgan fingerprint density at radius 2 is 2.20 bits per heavy atom. The quantitative estimate of drug-likeness (QED) is 0.823. The third-order valence-corrected chi connectivity index (χ3v) is 2.27. The maximum absolute atomic E-state index is 5.42. The second-order valence-electron chi connectivity index (χ2n) is 3.44. The van der Waals surface area contributed by atoms with Crippen molar-refractivity contribution >= 4 is 17.0 Å². The minimum absolute atomic E-state index is 0.700. The molecule has 1 aromatic heterocycles. The molecule has 0 radical (unpaired) electrons. The minimum atomic E-state index is 0.700. The van der Waals surface area contributed by atoms with E-state index in [2.05, 4.69) is 35.3 Å². The first kappa shape index (κ1) is 9.87. The number of hydrogen-bond acceptors (Lipinski definition) is 2. The van der Waals surface area contributed by atoms with E-state index < -0.39 is 0 Å². The molecule has 0 aliphatic rings. The highest BCUT2D eigenvalue weighted by atomic mass is 14.6. The molecule has 0 aliphatic heterocycles. The van der Waals surface area contributed by atoms with Crippen LogP contribution < -0.4 is 5.73 Å². The van der Waals surface area contributed by atoms with E-state index in [1.165, 1.54) is 10.9 Å². The summed E-state index contributed by atoms with van der Waals surface area (Å²) in [5, 5.41) is 1.17. The van der Waals surface area contributed by atoms with Gasteiger partial charge in [0.2, 0.25) is 0 Å². The first-order valence-corrected chi connectivity index (χ1v) is 5.11. The Bertz CT molecular complexity index is 475. The van der Waals surface area contributed by atoms with E-state index in [1.54, 1.807) is 0 Å². The molecule has 0 saturated heterocycles. The molecule has 2 heteroatoms. The minimum Gasteiger partial charge on any atom is -0.330 e. The monoisotopic (exact) mass is 198 g/mol. The van der Waals surface area contributed by atoms with Crippen LogP contribution in [0.25, 0.3) is 17.0 Å². The summed E-state index contributed by atoms with van der Waals surface area (Å²) in [6.07, 6.45) is 6.92. The highest BCUT2D eigenvalue weighted by Crippen LogP contribution is 2.14. The average Bonchev–Trinajstić information content (AvgIpc) is 2.29. The highest BCUT2D eigenvalue weighted by Gasteiger charge is 1.93. The standard InChI is InChI=1S/C13H14N2/c14-8-2-1-4-11-6-7-13-12(10-11)5-3-9-15-13/h1,3-7,9-10H,2,8,14H2. The zero-order valence-corrected chi connectivity index (χ0v) is 8.56. The van der Waals surface area contributed by atoms with Crippen molar-refractivity contribution in [2.24, 2.45) is 5.73 Å². The SMILES string of the molecule is NCCC=Cc1ccc2ncccc2c1. The van der Waals surface area contributed by atoms with E-state index in [4.69, 9.17) is 5.73 Å². The van der Waals surface area contributed by atoms with E-state index in [0.717, 1.165) is 11.9 Å². The number of hydrogen-bond donors (Lipinski definition) is 1. The molecule has 0 fully saturated rings. The molecule has 0 amide bonds. The Balaban J connectivity index is 2.30. The zero-order chi connectivity index (χ0) is 10.5. The van der Waals surface area contributed by atoms with Gasteiger partial charge in [-0.3, -0.25) is 4.98 Å². The fourth-order valence-corrected chi connectivity index (χ4v) is 1.51. The van der Waals surface area contributed by atoms with Gasteiger partial charge in [0.25, 0.3) is 0 Å². The van der Waals surface area contributed by atoms with Crippen molar-refractivity contribution in [1.29, 1.82) is 0 Å². The van der Waals surface area contributed by atoms with Crippen LogP contribution in [0, 0.1) is 0 Å². The van der Waals surface area contributed by atoms with Crippen LogP contribution in [-0.4, -0.2) is 11.5 Å². The maximum Gasteiger partial charge on any atom is 0.0702 e. The molecule has 2 N–H and O–H groups in total. The second kappa shape index (κ2) is 4.71. The topological polar surface area (TPSA) is 38.9 Å². The molecule has 0 unspecified atom stereocenters. The summed E-state index contributed by atoms with van der Waals surface area (Å²) in [5.74, 6) is 0. The van der Waals surface area contributed by atoms with Gasteiger partial charge in [-0.25, -0.2) is 0 Å². The molecule has 15 heavy (non-hydrogen) atoms. The molecule has 76 valence electrons. The van der Waals surface area contributed by atoms with Gasteiger partial charge in [-0.1, -0.05) is 24.3 Å². The molecule has 2 nitrogen and oxygen atoms in total. The summed E-state index contributed by atoms with van der Waals surface area (Å²) < 4.78 is 0. The summed E-state index contributed by atoms with van der Waals surface area (Å²) in [7, 11) is 0. The fraction of sp³-hybridized carbons (Fsp3) is 0.154. The van der Waals surface area contributed by atoms with Crippen molar-refractivity contribution in [3.8, 4) is 0 Å². The van der Waals surface area contributed by atoms with E-state index in [1.807, 2.05) is 18.3 Å². The maximum atomic E-state index is 5.42. The van der Waals surface area contributed by atoms with Gasteiger partial charge in [-0.15, -0.1) is 0 Å². The van der Waals surface area contributed by atoms with Gasteiger partial charge in [-0.05, 0) is 36.7 Å². The third kappa shape index (κ3) is 2.42. The van der Waals surface area contributed by atoms with Gasteiger partial charge >= 0.3 is 0 Å². The Kier molecular flexibility index (Phi) is 3.10. The van der Waals surface area contributed by atoms with Crippen molar-refractivity contribution in [2.75, 3.05) is 6.54 Å². The normalized spacial score (nSPS) is 11.3. The largest absolute Gasteiger partial charge is 0.330 e. The Morgan fingerprint density at radius 1 is 1.27 bits per heavy atom. The number of fused-ring (bicyclic) bond motifs is 1. The summed E-state index contributed by atoms with van der Waals surface area (Å²) in [5.41, 5.74) is 7.66. The lowest BCUT2D eigenvalue weighted by Gasteiger charge is -1.98. The Labute approximate surface area is 89.4 Å². The zero-order valence-electron chi connectivity index (χ0n) is 8.56. The summed E-state index contributed by atoms with van der Waals surface area (Å²) in [6.45, 7) is 0.700. The number of nitrogens with two attached hydrogens (primary N) is 1. The molecular formula is C13H14N2. The molecule has 0 atom stereocenters. The van der Waals surface area contributed by atoms with Crippen molar-refractivity contribution in [1.82, 2.24) is 4.98 Å². The molecule has 2 rings (SSSR count). The lowest BCUT2D eigenvalue weighted by molar-refractivity contribution is 1.01. The number of rotatable bonds is 3. The van der Waals surface area contributed by atoms with Crippen molar-refractivity contribution in [3.05, 3.63) is 48.2 Å². The van der Waals surface area contributed by atoms with Gasteiger partial charge in [0.05, 0.1) is 5.52 Å². The van der Waals surface area contributed by atoms with E-state index in [9.17, 15) is 0 Å². The molecular weight excluding hydrogens is 184 g/mol. The van der Waals surface area contributed by atoms with Crippen molar-refractivity contribution < 1.29 is 0 Å². The smallest absolute Gasteiger partial charge is 0.0702 e. The molecule has 1 aromatic carbocycles. The van der Waals surface area contributed by atoms with Crippen molar-refractivity contribution in [2.45, 2.75) is 6.42 Å². The first-order chi connectivity index (χ1) is 7.40. The molecule has 0 aliphatic carbocycles. The summed E-state index contributed by atoms with van der Waals surface area (Å²) >= 11 is 0. The average molecular weight is 198 g/mol. The lowest BCUT2D eigenvalue weighted by Crippen LogP contribution is -1.94. The van der Waals surface area contributed by atoms with Crippen LogP contribution in [-0.2, 0) is 0 Å². The van der Waals surface area contributed by atoms with E-state index >= 15 is 0 Å². The second-order valence-corrected chi connectivity index (χ2v) is 3.44. The van der Waals surface area contributed by atoms with Gasteiger partial charge < -0.3 is 5.73 Å². The molecule has 0 saturated carbocycles. The first-order valence-electron chi connectivity index (χ1n) is 5.11. The van der Waals surface area contributed by atoms with Crippen LogP contribution in [0.2, 0.25) is 0 Å². The van der Waals surface area contributed by atoms with Crippen molar-refractivity contribution in [3.63, 3.8) is 0 Å². The number of aromatic nitrogens is 1. The number of pyridine rings is 1. The van der Waals surface area contributed by atoms with Crippen LogP contribution in [0.4, 0.5) is 0 Å². The van der Waals surface area contributed by atoms with Crippen LogP contribution in [0.1, 0.15) is 12.0 Å².